The fourth-order valence-corrected chi connectivity index (χ4v) is 1.92. The van der Waals surface area contributed by atoms with E-state index in [1.54, 1.807) is 4.90 Å². The summed E-state index contributed by atoms with van der Waals surface area (Å²) in [6.45, 7) is 4.48. The first kappa shape index (κ1) is 11.3. The first-order chi connectivity index (χ1) is 7.58. The van der Waals surface area contributed by atoms with Gasteiger partial charge in [0.25, 0.3) is 5.92 Å². The topological polar surface area (TPSA) is 3.24 Å². The second kappa shape index (κ2) is 4.34. The summed E-state index contributed by atoms with van der Waals surface area (Å²) in [6.07, 6.45) is 0.389. The van der Waals surface area contributed by atoms with Crippen LogP contribution in [0.5, 0.6) is 0 Å². The molecule has 1 aromatic carbocycles. The average molecular weight is 223 g/mol. The maximum absolute atomic E-state index is 13.4. The van der Waals surface area contributed by atoms with E-state index < -0.39 is 5.92 Å². The van der Waals surface area contributed by atoms with E-state index in [1.807, 2.05) is 30.3 Å². The van der Waals surface area contributed by atoms with E-state index in [4.69, 9.17) is 0 Å². The first-order valence-corrected chi connectivity index (χ1v) is 5.40. The highest BCUT2D eigenvalue weighted by Gasteiger charge is 2.38. The Balaban J connectivity index is 2.00. The minimum Gasteiger partial charge on any atom is -0.293 e. The lowest BCUT2D eigenvalue weighted by Crippen LogP contribution is -2.43. The van der Waals surface area contributed by atoms with Crippen LogP contribution in [0, 0.1) is 0 Å². The van der Waals surface area contributed by atoms with Gasteiger partial charge in [-0.25, -0.2) is 8.78 Å². The molecule has 0 atom stereocenters. The van der Waals surface area contributed by atoms with Gasteiger partial charge in [-0.1, -0.05) is 36.9 Å². The van der Waals surface area contributed by atoms with Crippen LogP contribution < -0.4 is 0 Å². The van der Waals surface area contributed by atoms with Crippen LogP contribution in [-0.2, 0) is 6.54 Å². The van der Waals surface area contributed by atoms with E-state index in [-0.39, 0.29) is 12.1 Å². The quantitative estimate of drug-likeness (QED) is 0.696. The molecule has 0 radical (unpaired) electrons. The minimum absolute atomic E-state index is 0.0665. The Kier molecular flexibility index (Phi) is 3.06. The molecule has 0 bridgehead atoms. The number of nitrogens with zero attached hydrogens (tertiary/aromatic N) is 1. The van der Waals surface area contributed by atoms with Crippen LogP contribution in [0.25, 0.3) is 0 Å². The highest BCUT2D eigenvalue weighted by atomic mass is 19.3. The lowest BCUT2D eigenvalue weighted by atomic mass is 10.0. The van der Waals surface area contributed by atoms with Gasteiger partial charge in [0.05, 0.1) is 6.54 Å². The Morgan fingerprint density at radius 3 is 2.56 bits per heavy atom. The van der Waals surface area contributed by atoms with Crippen LogP contribution in [0.1, 0.15) is 12.0 Å². The Morgan fingerprint density at radius 1 is 1.25 bits per heavy atom. The molecule has 0 aromatic heterocycles. The summed E-state index contributed by atoms with van der Waals surface area (Å²) in [7, 11) is 0. The van der Waals surface area contributed by atoms with Crippen molar-refractivity contribution < 1.29 is 8.78 Å². The fraction of sp³-hybridized carbons (Fsp3) is 0.385. The molecule has 1 fully saturated rings. The van der Waals surface area contributed by atoms with Gasteiger partial charge >= 0.3 is 0 Å². The smallest absolute Gasteiger partial charge is 0.281 e. The highest BCUT2D eigenvalue weighted by molar-refractivity contribution is 5.17. The number of benzene rings is 1. The molecule has 86 valence electrons. The van der Waals surface area contributed by atoms with E-state index in [1.165, 1.54) is 0 Å². The molecule has 1 saturated heterocycles. The van der Waals surface area contributed by atoms with E-state index in [0.29, 0.717) is 19.5 Å². The summed E-state index contributed by atoms with van der Waals surface area (Å²) in [5, 5.41) is 0. The number of rotatable bonds is 2. The SMILES string of the molecule is C=C1CCN(Cc2ccccc2)CC1(F)F. The summed E-state index contributed by atoms with van der Waals surface area (Å²) in [4.78, 5) is 1.78. The third-order valence-corrected chi connectivity index (χ3v) is 2.92. The van der Waals surface area contributed by atoms with Gasteiger partial charge in [0.15, 0.2) is 0 Å². The van der Waals surface area contributed by atoms with Crippen LogP contribution in [0.3, 0.4) is 0 Å². The van der Waals surface area contributed by atoms with Gasteiger partial charge in [-0.05, 0) is 17.6 Å². The van der Waals surface area contributed by atoms with Crippen molar-refractivity contribution in [3.05, 3.63) is 48.0 Å². The van der Waals surface area contributed by atoms with E-state index in [0.717, 1.165) is 5.56 Å². The number of likely N-dealkylation sites (tertiary alicyclic amines) is 1. The standard InChI is InChI=1S/C13H15F2N/c1-11-7-8-16(10-13(11,14)15)9-12-5-3-2-4-6-12/h2-6H,1,7-10H2. The van der Waals surface area contributed by atoms with Crippen LogP contribution in [0.2, 0.25) is 0 Å². The molecule has 0 N–H and O–H groups in total. The predicted octanol–water partition coefficient (Wildman–Crippen LogP) is 3.08. The molecule has 2 rings (SSSR count). The van der Waals surface area contributed by atoms with Crippen molar-refractivity contribution in [2.45, 2.75) is 18.9 Å². The van der Waals surface area contributed by atoms with Gasteiger partial charge in [-0.15, -0.1) is 0 Å². The second-order valence-electron chi connectivity index (χ2n) is 4.25. The number of hydrogen-bond donors (Lipinski definition) is 0. The number of piperidine rings is 1. The van der Waals surface area contributed by atoms with E-state index in [9.17, 15) is 8.78 Å². The van der Waals surface area contributed by atoms with E-state index in [2.05, 4.69) is 6.58 Å². The Bertz CT molecular complexity index is 373. The molecular weight excluding hydrogens is 208 g/mol. The largest absolute Gasteiger partial charge is 0.293 e. The number of halogens is 2. The van der Waals surface area contributed by atoms with Gasteiger partial charge in [0, 0.05) is 13.1 Å². The zero-order chi connectivity index (χ0) is 11.6. The van der Waals surface area contributed by atoms with Crippen LogP contribution >= 0.6 is 0 Å². The summed E-state index contributed by atoms with van der Waals surface area (Å²) < 4.78 is 26.8. The van der Waals surface area contributed by atoms with Gasteiger partial charge in [-0.2, -0.15) is 0 Å². The number of hydrogen-bond acceptors (Lipinski definition) is 1. The molecule has 0 saturated carbocycles. The van der Waals surface area contributed by atoms with Gasteiger partial charge in [0.2, 0.25) is 0 Å². The van der Waals surface area contributed by atoms with Crippen LogP contribution in [-0.4, -0.2) is 23.9 Å². The van der Waals surface area contributed by atoms with Crippen LogP contribution in [0.4, 0.5) is 8.78 Å². The third-order valence-electron chi connectivity index (χ3n) is 2.92. The molecule has 0 aliphatic carbocycles. The molecule has 1 nitrogen and oxygen atoms in total. The van der Waals surface area contributed by atoms with Crippen molar-refractivity contribution in [2.24, 2.45) is 0 Å². The summed E-state index contributed by atoms with van der Waals surface area (Å²) >= 11 is 0. The Hall–Kier alpha value is -1.22. The van der Waals surface area contributed by atoms with Crippen molar-refractivity contribution in [1.82, 2.24) is 4.90 Å². The molecule has 0 amide bonds. The molecule has 1 aromatic rings. The van der Waals surface area contributed by atoms with E-state index >= 15 is 0 Å². The fourth-order valence-electron chi connectivity index (χ4n) is 1.92. The molecule has 0 spiro atoms. The molecule has 1 heterocycles. The summed E-state index contributed by atoms with van der Waals surface area (Å²) in [5.74, 6) is -2.73. The summed E-state index contributed by atoms with van der Waals surface area (Å²) in [6, 6.07) is 9.70. The number of alkyl halides is 2. The Labute approximate surface area is 94.4 Å². The van der Waals surface area contributed by atoms with Crippen molar-refractivity contribution >= 4 is 0 Å². The highest BCUT2D eigenvalue weighted by Crippen LogP contribution is 2.31. The third kappa shape index (κ3) is 2.47. The van der Waals surface area contributed by atoms with Gasteiger partial charge in [-0.3, -0.25) is 4.90 Å². The van der Waals surface area contributed by atoms with Gasteiger partial charge < -0.3 is 0 Å². The van der Waals surface area contributed by atoms with Crippen molar-refractivity contribution in [3.8, 4) is 0 Å². The molecule has 0 unspecified atom stereocenters. The predicted molar refractivity (Wildman–Crippen MR) is 60.4 cm³/mol. The molecule has 16 heavy (non-hydrogen) atoms. The zero-order valence-electron chi connectivity index (χ0n) is 9.13. The molecular formula is C13H15F2N. The molecule has 3 heteroatoms. The monoisotopic (exact) mass is 223 g/mol. The molecule has 1 aliphatic rings. The maximum atomic E-state index is 13.4. The molecule has 1 aliphatic heterocycles. The average Bonchev–Trinajstić information content (AvgIpc) is 2.25. The van der Waals surface area contributed by atoms with Gasteiger partial charge in [0.1, 0.15) is 0 Å². The Morgan fingerprint density at radius 2 is 1.94 bits per heavy atom. The van der Waals surface area contributed by atoms with Crippen molar-refractivity contribution in [3.63, 3.8) is 0 Å². The summed E-state index contributed by atoms with van der Waals surface area (Å²) in [5.41, 5.74) is 1.14. The lowest BCUT2D eigenvalue weighted by Gasteiger charge is -2.33. The first-order valence-electron chi connectivity index (χ1n) is 5.40. The van der Waals surface area contributed by atoms with Crippen molar-refractivity contribution in [1.29, 1.82) is 0 Å². The lowest BCUT2D eigenvalue weighted by molar-refractivity contribution is -0.0210. The minimum atomic E-state index is -2.73. The second-order valence-corrected chi connectivity index (χ2v) is 4.25. The zero-order valence-corrected chi connectivity index (χ0v) is 9.13. The maximum Gasteiger partial charge on any atom is 0.281 e. The van der Waals surface area contributed by atoms with Crippen molar-refractivity contribution in [2.75, 3.05) is 13.1 Å². The van der Waals surface area contributed by atoms with Crippen LogP contribution in [0.15, 0.2) is 42.5 Å². The normalized spacial score (nSPS) is 21.0.